The van der Waals surface area contributed by atoms with Crippen LogP contribution in [-0.2, 0) is 6.54 Å². The number of nitrogens with zero attached hydrogens (tertiary/aromatic N) is 3. The molecule has 3 heterocycles. The second kappa shape index (κ2) is 9.07. The average molecular weight is 519 g/mol. The first kappa shape index (κ1) is 23.5. The average Bonchev–Trinajstić information content (AvgIpc) is 3.26. The Balaban J connectivity index is 1.98. The van der Waals surface area contributed by atoms with Crippen LogP contribution in [0.1, 0.15) is 5.69 Å². The summed E-state index contributed by atoms with van der Waals surface area (Å²) in [7, 11) is 0. The summed E-state index contributed by atoms with van der Waals surface area (Å²) in [6.07, 6.45) is 0. The Morgan fingerprint density at radius 3 is 2.56 bits per heavy atom. The van der Waals surface area contributed by atoms with E-state index in [4.69, 9.17) is 11.6 Å². The molecule has 0 amide bonds. The summed E-state index contributed by atoms with van der Waals surface area (Å²) in [4.78, 5) is 43.0. The third-order valence-electron chi connectivity index (χ3n) is 5.66. The Kier molecular flexibility index (Phi) is 5.92. The molecule has 0 saturated carbocycles. The molecule has 5 aromatic rings. The molecule has 0 bridgehead atoms. The van der Waals surface area contributed by atoms with Gasteiger partial charge in [-0.15, -0.1) is 11.3 Å². The molecule has 0 fully saturated rings. The van der Waals surface area contributed by atoms with Gasteiger partial charge in [-0.1, -0.05) is 35.9 Å². The summed E-state index contributed by atoms with van der Waals surface area (Å²) < 4.78 is 17.0. The number of halogens is 2. The maximum Gasteiger partial charge on any atom is 0.337 e. The standard InChI is InChI=1S/C26H16ClFN4O3S/c1-14-10-17(13-22(33)30-14)32-25(34)23(16-6-7-19(28)18(27)11-16)24(31(9-8-29)26(32)35)21-12-15-4-2-3-5-20(15)36-21/h2-7,10-13H,9H2,1H3,(H,30,33). The van der Waals surface area contributed by atoms with Crippen LogP contribution in [0.15, 0.2) is 75.0 Å². The summed E-state index contributed by atoms with van der Waals surface area (Å²) in [5, 5.41) is 10.3. The molecule has 0 aliphatic carbocycles. The van der Waals surface area contributed by atoms with E-state index in [-0.39, 0.29) is 34.1 Å². The smallest absolute Gasteiger partial charge is 0.326 e. The van der Waals surface area contributed by atoms with Crippen LogP contribution < -0.4 is 16.8 Å². The van der Waals surface area contributed by atoms with Crippen LogP contribution in [0.4, 0.5) is 4.39 Å². The topological polar surface area (TPSA) is 101 Å². The molecule has 36 heavy (non-hydrogen) atoms. The van der Waals surface area contributed by atoms with Crippen molar-refractivity contribution in [1.29, 1.82) is 5.26 Å². The van der Waals surface area contributed by atoms with Crippen LogP contribution >= 0.6 is 22.9 Å². The molecular formula is C26H16ClFN4O3S. The highest BCUT2D eigenvalue weighted by molar-refractivity contribution is 7.22. The van der Waals surface area contributed by atoms with Crippen molar-refractivity contribution in [2.45, 2.75) is 13.5 Å². The molecule has 0 spiro atoms. The Morgan fingerprint density at radius 1 is 1.08 bits per heavy atom. The largest absolute Gasteiger partial charge is 0.337 e. The number of hydrogen-bond acceptors (Lipinski definition) is 5. The molecule has 3 aromatic heterocycles. The molecule has 0 radical (unpaired) electrons. The predicted octanol–water partition coefficient (Wildman–Crippen LogP) is 4.86. The third-order valence-corrected chi connectivity index (χ3v) is 7.08. The zero-order valence-corrected chi connectivity index (χ0v) is 20.3. The molecule has 0 atom stereocenters. The van der Waals surface area contributed by atoms with E-state index in [0.29, 0.717) is 10.6 Å². The first-order chi connectivity index (χ1) is 17.3. The highest BCUT2D eigenvalue weighted by atomic mass is 35.5. The first-order valence-corrected chi connectivity index (χ1v) is 11.9. The number of aromatic nitrogens is 3. The normalized spacial score (nSPS) is 11.1. The zero-order chi connectivity index (χ0) is 25.6. The SMILES string of the molecule is Cc1cc(-n2c(=O)c(-c3ccc(F)c(Cl)c3)c(-c3cc4ccccc4s3)n(CC#N)c2=O)cc(=O)[nH]1. The van der Waals surface area contributed by atoms with Crippen molar-refractivity contribution in [3.05, 3.63) is 108 Å². The molecule has 0 saturated heterocycles. The number of nitriles is 1. The fourth-order valence-electron chi connectivity index (χ4n) is 4.16. The van der Waals surface area contributed by atoms with Crippen LogP contribution in [-0.4, -0.2) is 14.1 Å². The number of pyridine rings is 1. The summed E-state index contributed by atoms with van der Waals surface area (Å²) in [5.41, 5.74) is -0.982. The molecule has 0 unspecified atom stereocenters. The minimum atomic E-state index is -0.782. The van der Waals surface area contributed by atoms with Gasteiger partial charge in [-0.2, -0.15) is 5.26 Å². The summed E-state index contributed by atoms with van der Waals surface area (Å²) in [6, 6.07) is 17.8. The van der Waals surface area contributed by atoms with Crippen molar-refractivity contribution >= 4 is 33.0 Å². The fraction of sp³-hybridized carbons (Fsp3) is 0.0769. The molecule has 7 nitrogen and oxygen atoms in total. The zero-order valence-electron chi connectivity index (χ0n) is 18.7. The molecule has 2 aromatic carbocycles. The van der Waals surface area contributed by atoms with Gasteiger partial charge < -0.3 is 4.98 Å². The molecule has 0 aliphatic heterocycles. The molecule has 5 rings (SSSR count). The maximum absolute atomic E-state index is 14.0. The van der Waals surface area contributed by atoms with Crippen molar-refractivity contribution in [3.63, 3.8) is 0 Å². The molecule has 10 heteroatoms. The molecule has 178 valence electrons. The summed E-state index contributed by atoms with van der Waals surface area (Å²) in [5.74, 6) is -0.667. The van der Waals surface area contributed by atoms with Gasteiger partial charge in [0.1, 0.15) is 12.4 Å². The van der Waals surface area contributed by atoms with E-state index in [0.717, 1.165) is 26.8 Å². The molecule has 0 aliphatic rings. The van der Waals surface area contributed by atoms with Crippen LogP contribution in [0.25, 0.3) is 37.5 Å². The number of hydrogen-bond donors (Lipinski definition) is 1. The van der Waals surface area contributed by atoms with E-state index in [2.05, 4.69) is 4.98 Å². The van der Waals surface area contributed by atoms with Crippen molar-refractivity contribution in [2.75, 3.05) is 0 Å². The van der Waals surface area contributed by atoms with Gasteiger partial charge in [-0.25, -0.2) is 13.8 Å². The Morgan fingerprint density at radius 2 is 1.86 bits per heavy atom. The third kappa shape index (κ3) is 3.96. The lowest BCUT2D eigenvalue weighted by atomic mass is 10.0. The number of nitrogens with one attached hydrogen (secondary N) is 1. The van der Waals surface area contributed by atoms with Crippen LogP contribution in [0.2, 0.25) is 5.02 Å². The van der Waals surface area contributed by atoms with Crippen molar-refractivity contribution in [3.8, 4) is 33.5 Å². The van der Waals surface area contributed by atoms with Gasteiger partial charge in [0.15, 0.2) is 0 Å². The van der Waals surface area contributed by atoms with Gasteiger partial charge in [0, 0.05) is 16.5 Å². The number of thiophene rings is 1. The van der Waals surface area contributed by atoms with Crippen molar-refractivity contribution < 1.29 is 4.39 Å². The number of benzene rings is 2. The van der Waals surface area contributed by atoms with E-state index in [1.807, 2.05) is 36.4 Å². The lowest BCUT2D eigenvalue weighted by Gasteiger charge is -2.18. The van der Waals surface area contributed by atoms with Crippen molar-refractivity contribution in [2.24, 2.45) is 0 Å². The Bertz CT molecular complexity index is 1860. The van der Waals surface area contributed by atoms with Gasteiger partial charge in [0.05, 0.1) is 32.9 Å². The van der Waals surface area contributed by atoms with E-state index >= 15 is 0 Å². The second-order valence-corrected chi connectivity index (χ2v) is 9.55. The number of aromatic amines is 1. The minimum absolute atomic E-state index is 0.0512. The number of fused-ring (bicyclic) bond motifs is 1. The molecular weight excluding hydrogens is 503 g/mol. The van der Waals surface area contributed by atoms with Crippen molar-refractivity contribution in [1.82, 2.24) is 14.1 Å². The van der Waals surface area contributed by atoms with Crippen LogP contribution in [0.3, 0.4) is 0 Å². The van der Waals surface area contributed by atoms with Crippen LogP contribution in [0.5, 0.6) is 0 Å². The highest BCUT2D eigenvalue weighted by Crippen LogP contribution is 2.38. The van der Waals surface area contributed by atoms with Gasteiger partial charge in [0.25, 0.3) is 5.56 Å². The lowest BCUT2D eigenvalue weighted by Crippen LogP contribution is -2.41. The van der Waals surface area contributed by atoms with Gasteiger partial charge in [0.2, 0.25) is 5.56 Å². The fourth-order valence-corrected chi connectivity index (χ4v) is 5.46. The van der Waals surface area contributed by atoms with E-state index in [1.165, 1.54) is 34.1 Å². The monoisotopic (exact) mass is 518 g/mol. The Hall–Kier alpha value is -4.26. The maximum atomic E-state index is 14.0. The van der Waals surface area contributed by atoms with Crippen LogP contribution in [0, 0.1) is 24.1 Å². The highest BCUT2D eigenvalue weighted by Gasteiger charge is 2.25. The quantitative estimate of drug-likeness (QED) is 0.367. The number of aryl methyl sites for hydroxylation is 1. The molecule has 1 N–H and O–H groups in total. The van der Waals surface area contributed by atoms with E-state index in [1.54, 1.807) is 6.92 Å². The van der Waals surface area contributed by atoms with E-state index in [9.17, 15) is 24.0 Å². The Labute approximate surface area is 211 Å². The van der Waals surface area contributed by atoms with E-state index < -0.39 is 22.6 Å². The van der Waals surface area contributed by atoms with Gasteiger partial charge in [-0.3, -0.25) is 14.2 Å². The minimum Gasteiger partial charge on any atom is -0.326 e. The number of H-pyrrole nitrogens is 1. The summed E-state index contributed by atoms with van der Waals surface area (Å²) in [6.45, 7) is 1.25. The predicted molar refractivity (Wildman–Crippen MR) is 138 cm³/mol. The van der Waals surface area contributed by atoms with Gasteiger partial charge in [-0.05, 0) is 48.2 Å². The van der Waals surface area contributed by atoms with Gasteiger partial charge >= 0.3 is 5.69 Å². The summed E-state index contributed by atoms with van der Waals surface area (Å²) >= 11 is 7.41. The number of rotatable bonds is 4. The first-order valence-electron chi connectivity index (χ1n) is 10.7. The lowest BCUT2D eigenvalue weighted by molar-refractivity contribution is 0.628. The second-order valence-electron chi connectivity index (χ2n) is 8.05.